The molecule has 2 aromatic rings. The highest BCUT2D eigenvalue weighted by Gasteiger charge is 2.22. The van der Waals surface area contributed by atoms with Crippen LogP contribution >= 0.6 is 15.9 Å². The van der Waals surface area contributed by atoms with E-state index in [0.717, 1.165) is 38.8 Å². The molecular weight excluding hydrogens is 390 g/mol. The van der Waals surface area contributed by atoms with Crippen molar-refractivity contribution in [3.05, 3.63) is 34.4 Å². The second kappa shape index (κ2) is 8.96. The number of hydrogen-bond acceptors (Lipinski definition) is 4. The fourth-order valence-corrected chi connectivity index (χ4v) is 4.22. The van der Waals surface area contributed by atoms with Gasteiger partial charge in [0.2, 0.25) is 0 Å². The van der Waals surface area contributed by atoms with E-state index >= 15 is 0 Å². The molecule has 4 nitrogen and oxygen atoms in total. The lowest BCUT2D eigenvalue weighted by Gasteiger charge is -2.31. The topological polar surface area (TPSA) is 45.2 Å². The third kappa shape index (κ3) is 4.83. The Hall–Kier alpha value is -1.46. The minimum Gasteiger partial charge on any atom is -0.381 e. The molecule has 0 bridgehead atoms. The van der Waals surface area contributed by atoms with Crippen molar-refractivity contribution in [2.75, 3.05) is 26.0 Å². The Kier molecular flexibility index (Phi) is 6.65. The quantitative estimate of drug-likeness (QED) is 0.665. The van der Waals surface area contributed by atoms with Crippen molar-refractivity contribution in [1.29, 1.82) is 0 Å². The highest BCUT2D eigenvalue weighted by molar-refractivity contribution is 9.10. The van der Waals surface area contributed by atoms with Crippen molar-refractivity contribution in [2.24, 2.45) is 5.92 Å². The van der Waals surface area contributed by atoms with Gasteiger partial charge in [-0.15, -0.1) is 0 Å². The van der Waals surface area contributed by atoms with Crippen LogP contribution in [-0.2, 0) is 11.2 Å². The van der Waals surface area contributed by atoms with Gasteiger partial charge in [0.1, 0.15) is 6.29 Å². The molecule has 1 fully saturated rings. The lowest BCUT2D eigenvalue weighted by molar-refractivity contribution is -0.107. The number of nitrogens with zero attached hydrogens (tertiary/aromatic N) is 2. The molecule has 140 valence electrons. The Labute approximate surface area is 164 Å². The first kappa shape index (κ1) is 19.3. The van der Waals surface area contributed by atoms with E-state index in [9.17, 15) is 4.79 Å². The van der Waals surface area contributed by atoms with Gasteiger partial charge in [0.25, 0.3) is 0 Å². The number of benzene rings is 1. The molecule has 1 aromatic heterocycles. The molecule has 0 radical (unpaired) electrons. The summed E-state index contributed by atoms with van der Waals surface area (Å²) < 4.78 is 1.03. The van der Waals surface area contributed by atoms with Gasteiger partial charge < -0.3 is 15.0 Å². The number of rotatable bonds is 7. The molecule has 3 rings (SSSR count). The van der Waals surface area contributed by atoms with Gasteiger partial charge in [0, 0.05) is 39.8 Å². The predicted molar refractivity (Wildman–Crippen MR) is 112 cm³/mol. The van der Waals surface area contributed by atoms with Gasteiger partial charge >= 0.3 is 0 Å². The van der Waals surface area contributed by atoms with E-state index in [-0.39, 0.29) is 0 Å². The van der Waals surface area contributed by atoms with Gasteiger partial charge in [0.15, 0.2) is 0 Å². The maximum Gasteiger partial charge on any atom is 0.124 e. The third-order valence-corrected chi connectivity index (χ3v) is 5.88. The van der Waals surface area contributed by atoms with Crippen LogP contribution in [-0.4, -0.2) is 42.9 Å². The Morgan fingerprint density at radius 2 is 2.04 bits per heavy atom. The maximum atomic E-state index is 11.1. The summed E-state index contributed by atoms with van der Waals surface area (Å²) >= 11 is 3.56. The zero-order valence-electron chi connectivity index (χ0n) is 15.7. The Balaban J connectivity index is 1.75. The van der Waals surface area contributed by atoms with Crippen molar-refractivity contribution < 1.29 is 4.79 Å². The lowest BCUT2D eigenvalue weighted by Crippen LogP contribution is -2.28. The molecule has 1 heterocycles. The summed E-state index contributed by atoms with van der Waals surface area (Å²) in [5.74, 6) is 0.841. The van der Waals surface area contributed by atoms with E-state index in [2.05, 4.69) is 51.3 Å². The zero-order chi connectivity index (χ0) is 18.5. The molecule has 0 atom stereocenters. The minimum atomic E-state index is 0.399. The van der Waals surface area contributed by atoms with E-state index in [1.165, 1.54) is 38.6 Å². The first-order valence-electron chi connectivity index (χ1n) is 9.49. The van der Waals surface area contributed by atoms with Crippen molar-refractivity contribution in [1.82, 2.24) is 9.88 Å². The van der Waals surface area contributed by atoms with E-state index < -0.39 is 0 Å². The molecule has 0 aliphatic heterocycles. The molecule has 1 aliphatic carbocycles. The summed E-state index contributed by atoms with van der Waals surface area (Å²) in [5, 5.41) is 4.85. The number of fused-ring (bicyclic) bond motifs is 1. The summed E-state index contributed by atoms with van der Waals surface area (Å²) in [6, 6.07) is 6.60. The summed E-state index contributed by atoms with van der Waals surface area (Å²) in [7, 11) is 4.29. The van der Waals surface area contributed by atoms with Gasteiger partial charge in [-0.25, -0.2) is 0 Å². The average molecular weight is 418 g/mol. The number of pyridine rings is 1. The van der Waals surface area contributed by atoms with Crippen LogP contribution in [0.3, 0.4) is 0 Å². The number of hydrogen-bond donors (Lipinski definition) is 1. The zero-order valence-corrected chi connectivity index (χ0v) is 17.3. The summed E-state index contributed by atoms with van der Waals surface area (Å²) in [4.78, 5) is 17.9. The number of carbonyl (C=O) groups excluding carboxylic acids is 1. The fraction of sp³-hybridized carbons (Fsp3) is 0.524. The SMILES string of the molecule is CN(C)CCC1CCC(Nc2c(CC=O)cnc3ccc(Br)cc23)CC1. The normalized spacial score (nSPS) is 20.5. The Bertz CT molecular complexity index is 754. The highest BCUT2D eigenvalue weighted by Crippen LogP contribution is 2.33. The standard InChI is InChI=1S/C21H28BrN3O/c1-25(2)11-9-15-3-6-18(7-4-15)24-21-16(10-12-26)14-23-20-8-5-17(22)13-19(20)21/h5,8,12-15,18H,3-4,6-7,9-11H2,1-2H3,(H,23,24). The fourth-order valence-electron chi connectivity index (χ4n) is 3.86. The van der Waals surface area contributed by atoms with Crippen LogP contribution < -0.4 is 5.32 Å². The number of halogens is 1. The molecule has 0 unspecified atom stereocenters. The second-order valence-corrected chi connectivity index (χ2v) is 8.56. The molecule has 1 aromatic carbocycles. The van der Waals surface area contributed by atoms with Crippen molar-refractivity contribution in [3.63, 3.8) is 0 Å². The Morgan fingerprint density at radius 1 is 1.27 bits per heavy atom. The van der Waals surface area contributed by atoms with Crippen LogP contribution in [0.25, 0.3) is 10.9 Å². The molecule has 0 spiro atoms. The molecular formula is C21H28BrN3O. The highest BCUT2D eigenvalue weighted by atomic mass is 79.9. The molecule has 1 saturated carbocycles. The lowest BCUT2D eigenvalue weighted by atomic mass is 9.84. The summed E-state index contributed by atoms with van der Waals surface area (Å²) in [5.41, 5.74) is 3.03. The van der Waals surface area contributed by atoms with Crippen LogP contribution in [0.15, 0.2) is 28.9 Å². The van der Waals surface area contributed by atoms with Crippen molar-refractivity contribution in [2.45, 2.75) is 44.6 Å². The van der Waals surface area contributed by atoms with Crippen LogP contribution in [0.4, 0.5) is 5.69 Å². The van der Waals surface area contributed by atoms with Gasteiger partial charge in [0.05, 0.1) is 5.52 Å². The monoisotopic (exact) mass is 417 g/mol. The van der Waals surface area contributed by atoms with Crippen LogP contribution in [0.1, 0.15) is 37.7 Å². The van der Waals surface area contributed by atoms with E-state index in [4.69, 9.17) is 0 Å². The molecule has 26 heavy (non-hydrogen) atoms. The van der Waals surface area contributed by atoms with Crippen molar-refractivity contribution >= 4 is 38.8 Å². The molecule has 1 aliphatic rings. The number of anilines is 1. The predicted octanol–water partition coefficient (Wildman–Crippen LogP) is 4.66. The van der Waals surface area contributed by atoms with E-state index in [1.807, 2.05) is 18.3 Å². The maximum absolute atomic E-state index is 11.1. The van der Waals surface area contributed by atoms with Crippen LogP contribution in [0, 0.1) is 5.92 Å². The Morgan fingerprint density at radius 3 is 2.73 bits per heavy atom. The number of nitrogens with one attached hydrogen (secondary N) is 1. The van der Waals surface area contributed by atoms with E-state index in [0.29, 0.717) is 12.5 Å². The molecule has 0 saturated heterocycles. The average Bonchev–Trinajstić information content (AvgIpc) is 2.63. The number of aldehydes is 1. The number of aromatic nitrogens is 1. The minimum absolute atomic E-state index is 0.399. The van der Waals surface area contributed by atoms with Crippen LogP contribution in [0.5, 0.6) is 0 Å². The molecule has 0 amide bonds. The molecule has 5 heteroatoms. The van der Waals surface area contributed by atoms with Gasteiger partial charge in [-0.1, -0.05) is 15.9 Å². The first-order chi connectivity index (χ1) is 12.6. The smallest absolute Gasteiger partial charge is 0.124 e. The number of carbonyl (C=O) groups is 1. The summed E-state index contributed by atoms with van der Waals surface area (Å²) in [6.45, 7) is 1.18. The summed E-state index contributed by atoms with van der Waals surface area (Å²) in [6.07, 6.45) is 9.44. The van der Waals surface area contributed by atoms with E-state index in [1.54, 1.807) is 0 Å². The van der Waals surface area contributed by atoms with Gasteiger partial charge in [-0.05, 0) is 76.9 Å². The van der Waals surface area contributed by atoms with Crippen molar-refractivity contribution in [3.8, 4) is 0 Å². The molecule has 1 N–H and O–H groups in total. The van der Waals surface area contributed by atoms with Gasteiger partial charge in [-0.2, -0.15) is 0 Å². The van der Waals surface area contributed by atoms with Crippen LogP contribution in [0.2, 0.25) is 0 Å². The first-order valence-corrected chi connectivity index (χ1v) is 10.3. The second-order valence-electron chi connectivity index (χ2n) is 7.64. The van der Waals surface area contributed by atoms with Gasteiger partial charge in [-0.3, -0.25) is 4.98 Å². The third-order valence-electron chi connectivity index (χ3n) is 5.39. The largest absolute Gasteiger partial charge is 0.381 e.